The van der Waals surface area contributed by atoms with E-state index in [0.29, 0.717) is 23.0 Å². The number of hydrogen-bond acceptors (Lipinski definition) is 5. The minimum absolute atomic E-state index is 0.200. The summed E-state index contributed by atoms with van der Waals surface area (Å²) in [6.07, 6.45) is 11.5. The second-order valence-electron chi connectivity index (χ2n) is 10.4. The highest BCUT2D eigenvalue weighted by Crippen LogP contribution is 2.54. The summed E-state index contributed by atoms with van der Waals surface area (Å²) in [6.45, 7) is 12.8. The molecule has 4 rings (SSSR count). The summed E-state index contributed by atoms with van der Waals surface area (Å²) in [5, 5.41) is 0. The predicted molar refractivity (Wildman–Crippen MR) is 117 cm³/mol. The van der Waals surface area contributed by atoms with E-state index in [0.717, 1.165) is 56.6 Å². The molecule has 5 heteroatoms. The highest BCUT2D eigenvalue weighted by atomic mass is 16.1. The Labute approximate surface area is 176 Å². The van der Waals surface area contributed by atoms with Crippen molar-refractivity contribution in [3.63, 3.8) is 0 Å². The van der Waals surface area contributed by atoms with Crippen molar-refractivity contribution < 1.29 is 4.79 Å². The number of Topliss-reactive ketones (excluding diaryl/α,β-unsaturated/α-hetero) is 1. The first kappa shape index (κ1) is 20.8. The third kappa shape index (κ3) is 4.35. The molecule has 29 heavy (non-hydrogen) atoms. The molecule has 1 aromatic rings. The van der Waals surface area contributed by atoms with E-state index >= 15 is 0 Å². The topological polar surface area (TPSA) is 49.3 Å². The van der Waals surface area contributed by atoms with Crippen LogP contribution in [0.3, 0.4) is 0 Å². The largest absolute Gasteiger partial charge is 0.366 e. The molecule has 0 N–H and O–H groups in total. The molecule has 1 spiro atoms. The van der Waals surface area contributed by atoms with Crippen LogP contribution in [0.1, 0.15) is 78.0 Å². The van der Waals surface area contributed by atoms with E-state index in [9.17, 15) is 4.79 Å². The Bertz CT molecular complexity index is 690. The average Bonchev–Trinajstić information content (AvgIpc) is 2.72. The molecule has 0 amide bonds. The summed E-state index contributed by atoms with van der Waals surface area (Å²) < 4.78 is 0. The zero-order chi connectivity index (χ0) is 20.6. The third-order valence-electron chi connectivity index (χ3n) is 7.73. The number of ketones is 1. The summed E-state index contributed by atoms with van der Waals surface area (Å²) >= 11 is 0. The lowest BCUT2D eigenvalue weighted by Gasteiger charge is -2.56. The first-order chi connectivity index (χ1) is 13.9. The first-order valence-corrected chi connectivity index (χ1v) is 11.7. The molecule has 2 saturated carbocycles. The summed E-state index contributed by atoms with van der Waals surface area (Å²) in [7, 11) is 0. The maximum Gasteiger partial charge on any atom is 0.138 e. The van der Waals surface area contributed by atoms with Crippen molar-refractivity contribution in [1.29, 1.82) is 0 Å². The number of nitrogens with zero attached hydrogens (tertiary/aromatic N) is 4. The van der Waals surface area contributed by atoms with Crippen LogP contribution in [0, 0.1) is 17.3 Å². The number of hydrogen-bond donors (Lipinski definition) is 0. The SMILES string of the molecule is CC(C)c1ncc(N2CCN([C@H]3CC4(CC[C@H](C(=O)C(C)C)CC4)C3)CC2)cn1. The van der Waals surface area contributed by atoms with Crippen molar-refractivity contribution in [1.82, 2.24) is 14.9 Å². The first-order valence-electron chi connectivity index (χ1n) is 11.7. The van der Waals surface area contributed by atoms with Crippen LogP contribution in [-0.2, 0) is 4.79 Å². The van der Waals surface area contributed by atoms with Crippen molar-refractivity contribution >= 4 is 11.5 Å². The predicted octanol–water partition coefficient (Wildman–Crippen LogP) is 4.29. The molecule has 1 saturated heterocycles. The van der Waals surface area contributed by atoms with E-state index in [2.05, 4.69) is 47.5 Å². The number of piperazine rings is 1. The van der Waals surface area contributed by atoms with Gasteiger partial charge < -0.3 is 4.90 Å². The van der Waals surface area contributed by atoms with Gasteiger partial charge in [-0.15, -0.1) is 0 Å². The van der Waals surface area contributed by atoms with Crippen LogP contribution in [0.4, 0.5) is 5.69 Å². The van der Waals surface area contributed by atoms with Crippen molar-refractivity contribution in [3.05, 3.63) is 18.2 Å². The van der Waals surface area contributed by atoms with Crippen molar-refractivity contribution in [3.8, 4) is 0 Å². The standard InChI is InChI=1S/C24H38N4O/c1-17(2)22(29)19-5-7-24(8-6-19)13-20(14-24)27-9-11-28(12-10-27)21-15-25-23(18(3)4)26-16-21/h15-20H,5-14H2,1-4H3/t19-,20-,24?. The lowest BCUT2D eigenvalue weighted by atomic mass is 9.56. The van der Waals surface area contributed by atoms with Crippen molar-refractivity contribution in [2.75, 3.05) is 31.1 Å². The molecule has 2 heterocycles. The second-order valence-corrected chi connectivity index (χ2v) is 10.4. The molecule has 1 aromatic heterocycles. The van der Waals surface area contributed by atoms with Gasteiger partial charge in [-0.25, -0.2) is 9.97 Å². The summed E-state index contributed by atoms with van der Waals surface area (Å²) in [5.41, 5.74) is 1.71. The zero-order valence-electron chi connectivity index (χ0n) is 18.7. The highest BCUT2D eigenvalue weighted by molar-refractivity contribution is 5.82. The molecular formula is C24H38N4O. The van der Waals surface area contributed by atoms with Crippen LogP contribution in [0.15, 0.2) is 12.4 Å². The summed E-state index contributed by atoms with van der Waals surface area (Å²) in [6, 6.07) is 0.758. The fraction of sp³-hybridized carbons (Fsp3) is 0.792. The number of aromatic nitrogens is 2. The highest BCUT2D eigenvalue weighted by Gasteiger charge is 2.48. The Morgan fingerprint density at radius 1 is 1.00 bits per heavy atom. The molecule has 3 aliphatic rings. The number of anilines is 1. The quantitative estimate of drug-likeness (QED) is 0.741. The molecule has 0 radical (unpaired) electrons. The Hall–Kier alpha value is -1.49. The van der Waals surface area contributed by atoms with Crippen molar-refractivity contribution in [2.24, 2.45) is 17.3 Å². The number of carbonyl (C=O) groups excluding carboxylic acids is 1. The van der Waals surface area contributed by atoms with Gasteiger partial charge in [-0.05, 0) is 43.9 Å². The fourth-order valence-corrected chi connectivity index (χ4v) is 5.73. The van der Waals surface area contributed by atoms with E-state index in [-0.39, 0.29) is 5.92 Å². The van der Waals surface area contributed by atoms with Crippen LogP contribution < -0.4 is 4.90 Å². The minimum atomic E-state index is 0.200. The lowest BCUT2D eigenvalue weighted by molar-refractivity contribution is -0.129. The molecule has 5 nitrogen and oxygen atoms in total. The van der Waals surface area contributed by atoms with Crippen LogP contribution in [0.5, 0.6) is 0 Å². The molecule has 1 aliphatic heterocycles. The molecule has 160 valence electrons. The van der Waals surface area contributed by atoms with Gasteiger partial charge in [-0.3, -0.25) is 9.69 Å². The Kier molecular flexibility index (Phi) is 5.97. The van der Waals surface area contributed by atoms with E-state index in [1.165, 1.54) is 25.7 Å². The van der Waals surface area contributed by atoms with Crippen LogP contribution >= 0.6 is 0 Å². The van der Waals surface area contributed by atoms with E-state index in [1.54, 1.807) is 0 Å². The van der Waals surface area contributed by atoms with Gasteiger partial charge in [0.1, 0.15) is 11.6 Å². The second kappa shape index (κ2) is 8.33. The van der Waals surface area contributed by atoms with Gasteiger partial charge in [0, 0.05) is 50.0 Å². The zero-order valence-corrected chi connectivity index (χ0v) is 18.7. The summed E-state index contributed by atoms with van der Waals surface area (Å²) in [4.78, 5) is 26.5. The lowest BCUT2D eigenvalue weighted by Crippen LogP contribution is -2.57. The van der Waals surface area contributed by atoms with E-state index < -0.39 is 0 Å². The number of rotatable bonds is 5. The van der Waals surface area contributed by atoms with Crippen molar-refractivity contribution in [2.45, 2.75) is 78.2 Å². The monoisotopic (exact) mass is 398 g/mol. The van der Waals surface area contributed by atoms with Gasteiger partial charge >= 0.3 is 0 Å². The molecule has 0 bridgehead atoms. The van der Waals surface area contributed by atoms with E-state index in [4.69, 9.17) is 0 Å². The molecule has 0 unspecified atom stereocenters. The van der Waals surface area contributed by atoms with Crippen LogP contribution in [-0.4, -0.2) is 52.9 Å². The Balaban J connectivity index is 1.23. The fourth-order valence-electron chi connectivity index (χ4n) is 5.73. The van der Waals surface area contributed by atoms with Gasteiger partial charge in [-0.1, -0.05) is 27.7 Å². The average molecular weight is 399 g/mol. The third-order valence-corrected chi connectivity index (χ3v) is 7.73. The van der Waals surface area contributed by atoms with Crippen LogP contribution in [0.25, 0.3) is 0 Å². The smallest absolute Gasteiger partial charge is 0.138 e. The Morgan fingerprint density at radius 2 is 1.59 bits per heavy atom. The van der Waals surface area contributed by atoms with E-state index in [1.807, 2.05) is 12.4 Å². The molecule has 3 fully saturated rings. The van der Waals surface area contributed by atoms with Gasteiger partial charge in [0.05, 0.1) is 18.1 Å². The van der Waals surface area contributed by atoms with Crippen LogP contribution in [0.2, 0.25) is 0 Å². The maximum absolute atomic E-state index is 12.3. The molecule has 0 aromatic carbocycles. The molecule has 0 atom stereocenters. The number of carbonyl (C=O) groups is 1. The van der Waals surface area contributed by atoms with Gasteiger partial charge in [0.25, 0.3) is 0 Å². The summed E-state index contributed by atoms with van der Waals surface area (Å²) in [5.74, 6) is 2.35. The van der Waals surface area contributed by atoms with Gasteiger partial charge in [-0.2, -0.15) is 0 Å². The van der Waals surface area contributed by atoms with Gasteiger partial charge in [0.15, 0.2) is 0 Å². The maximum atomic E-state index is 12.3. The Morgan fingerprint density at radius 3 is 2.10 bits per heavy atom. The molecular weight excluding hydrogens is 360 g/mol. The minimum Gasteiger partial charge on any atom is -0.366 e. The van der Waals surface area contributed by atoms with Gasteiger partial charge in [0.2, 0.25) is 0 Å². The normalized spacial score (nSPS) is 30.8. The molecule has 2 aliphatic carbocycles.